The van der Waals surface area contributed by atoms with Gasteiger partial charge in [0.15, 0.2) is 0 Å². The van der Waals surface area contributed by atoms with Gasteiger partial charge < -0.3 is 5.32 Å². The predicted octanol–water partition coefficient (Wildman–Crippen LogP) is 3.82. The molecule has 1 N–H and O–H groups in total. The Kier molecular flexibility index (Phi) is 6.50. The van der Waals surface area contributed by atoms with Crippen molar-refractivity contribution >= 4 is 37.2 Å². The summed E-state index contributed by atoms with van der Waals surface area (Å²) >= 11 is 5.79. The summed E-state index contributed by atoms with van der Waals surface area (Å²) in [5, 5.41) is 2.87. The SMILES string of the molecule is CCC(CC)C(C)NC(=O)c1ccc(Cl)c(S(=O)(=O)Cl)c1. The molecule has 4 nitrogen and oxygen atoms in total. The van der Waals surface area contributed by atoms with E-state index in [0.717, 1.165) is 12.8 Å². The Morgan fingerprint density at radius 1 is 1.29 bits per heavy atom. The number of carbonyl (C=O) groups is 1. The highest BCUT2D eigenvalue weighted by Crippen LogP contribution is 2.26. The number of carbonyl (C=O) groups excluding carboxylic acids is 1. The van der Waals surface area contributed by atoms with E-state index in [0.29, 0.717) is 5.92 Å². The van der Waals surface area contributed by atoms with Gasteiger partial charge in [-0.25, -0.2) is 8.42 Å². The van der Waals surface area contributed by atoms with Crippen molar-refractivity contribution in [1.29, 1.82) is 0 Å². The Morgan fingerprint density at radius 2 is 1.86 bits per heavy atom. The van der Waals surface area contributed by atoms with Gasteiger partial charge in [-0.15, -0.1) is 0 Å². The van der Waals surface area contributed by atoms with Crippen molar-refractivity contribution in [1.82, 2.24) is 5.32 Å². The molecular formula is C14H19Cl2NO3S. The zero-order chi connectivity index (χ0) is 16.2. The molecule has 1 atom stereocenters. The molecule has 0 aliphatic carbocycles. The average Bonchev–Trinajstić information content (AvgIpc) is 2.39. The van der Waals surface area contributed by atoms with Crippen LogP contribution in [0.4, 0.5) is 0 Å². The molecule has 1 unspecified atom stereocenters. The monoisotopic (exact) mass is 351 g/mol. The first kappa shape index (κ1) is 18.3. The van der Waals surface area contributed by atoms with Gasteiger partial charge in [0, 0.05) is 22.3 Å². The van der Waals surface area contributed by atoms with E-state index < -0.39 is 9.05 Å². The van der Waals surface area contributed by atoms with Gasteiger partial charge in [0.2, 0.25) is 0 Å². The zero-order valence-corrected chi connectivity index (χ0v) is 14.5. The largest absolute Gasteiger partial charge is 0.349 e. The quantitative estimate of drug-likeness (QED) is 0.792. The van der Waals surface area contributed by atoms with E-state index >= 15 is 0 Å². The maximum atomic E-state index is 12.2. The summed E-state index contributed by atoms with van der Waals surface area (Å²) in [6.45, 7) is 6.07. The van der Waals surface area contributed by atoms with Crippen LogP contribution in [-0.2, 0) is 9.05 Å². The minimum Gasteiger partial charge on any atom is -0.349 e. The van der Waals surface area contributed by atoms with Crippen molar-refractivity contribution in [3.05, 3.63) is 28.8 Å². The highest BCUT2D eigenvalue weighted by atomic mass is 35.7. The molecule has 0 aliphatic heterocycles. The minimum absolute atomic E-state index is 0.000707. The lowest BCUT2D eigenvalue weighted by molar-refractivity contribution is 0.0925. The van der Waals surface area contributed by atoms with Crippen molar-refractivity contribution in [2.24, 2.45) is 5.92 Å². The van der Waals surface area contributed by atoms with E-state index in [-0.39, 0.29) is 27.4 Å². The van der Waals surface area contributed by atoms with Crippen molar-refractivity contribution in [2.75, 3.05) is 0 Å². The van der Waals surface area contributed by atoms with Gasteiger partial charge in [0.05, 0.1) is 5.02 Å². The van der Waals surface area contributed by atoms with Gasteiger partial charge in [-0.2, -0.15) is 0 Å². The number of hydrogen-bond donors (Lipinski definition) is 1. The van der Waals surface area contributed by atoms with Gasteiger partial charge in [-0.05, 0) is 31.0 Å². The molecule has 0 aromatic heterocycles. The molecule has 118 valence electrons. The summed E-state index contributed by atoms with van der Waals surface area (Å²) in [5.41, 5.74) is 0.219. The minimum atomic E-state index is -3.98. The van der Waals surface area contributed by atoms with Crippen molar-refractivity contribution in [3.63, 3.8) is 0 Å². The Labute approximate surface area is 135 Å². The van der Waals surface area contributed by atoms with E-state index in [1.807, 2.05) is 6.92 Å². The maximum Gasteiger partial charge on any atom is 0.262 e. The van der Waals surface area contributed by atoms with E-state index in [1.165, 1.54) is 18.2 Å². The second kappa shape index (κ2) is 7.47. The number of hydrogen-bond acceptors (Lipinski definition) is 3. The van der Waals surface area contributed by atoms with Crippen LogP contribution in [0.15, 0.2) is 23.1 Å². The second-order valence-corrected chi connectivity index (χ2v) is 7.86. The smallest absolute Gasteiger partial charge is 0.262 e. The fraction of sp³-hybridized carbons (Fsp3) is 0.500. The number of benzene rings is 1. The third-order valence-corrected chi connectivity index (χ3v) is 5.37. The zero-order valence-electron chi connectivity index (χ0n) is 12.2. The molecule has 0 aliphatic rings. The molecule has 0 saturated carbocycles. The Balaban J connectivity index is 2.99. The normalized spacial score (nSPS) is 13.2. The lowest BCUT2D eigenvalue weighted by atomic mass is 9.95. The van der Waals surface area contributed by atoms with Crippen LogP contribution in [0.5, 0.6) is 0 Å². The fourth-order valence-corrected chi connectivity index (χ4v) is 3.73. The van der Waals surface area contributed by atoms with Crippen LogP contribution in [0.1, 0.15) is 44.0 Å². The summed E-state index contributed by atoms with van der Waals surface area (Å²) in [7, 11) is 1.31. The van der Waals surface area contributed by atoms with E-state index in [1.54, 1.807) is 0 Å². The molecule has 0 fully saturated rings. The van der Waals surface area contributed by atoms with Crippen LogP contribution < -0.4 is 5.32 Å². The van der Waals surface area contributed by atoms with Gasteiger partial charge >= 0.3 is 0 Å². The van der Waals surface area contributed by atoms with Gasteiger partial charge in [0.25, 0.3) is 15.0 Å². The highest BCUT2D eigenvalue weighted by Gasteiger charge is 2.20. The first-order chi connectivity index (χ1) is 9.70. The predicted molar refractivity (Wildman–Crippen MR) is 85.5 cm³/mol. The van der Waals surface area contributed by atoms with Gasteiger partial charge in [0.1, 0.15) is 4.90 Å². The van der Waals surface area contributed by atoms with Crippen molar-refractivity contribution in [3.8, 4) is 0 Å². The Morgan fingerprint density at radius 3 is 2.33 bits per heavy atom. The first-order valence-electron chi connectivity index (χ1n) is 6.75. The van der Waals surface area contributed by atoms with Crippen molar-refractivity contribution in [2.45, 2.75) is 44.6 Å². The molecule has 0 saturated heterocycles. The molecule has 0 heterocycles. The standard InChI is InChI=1S/C14H19Cl2NO3S/c1-4-10(5-2)9(3)17-14(18)11-6-7-12(15)13(8-11)21(16,19)20/h6-10H,4-5H2,1-3H3,(H,17,18). The number of nitrogens with one attached hydrogen (secondary N) is 1. The number of halogens is 2. The Hall–Kier alpha value is -0.780. The molecule has 1 aromatic carbocycles. The second-order valence-electron chi connectivity index (χ2n) is 4.92. The third-order valence-electron chi connectivity index (χ3n) is 3.57. The van der Waals surface area contributed by atoms with Gasteiger partial charge in [-0.3, -0.25) is 4.79 Å². The average molecular weight is 352 g/mol. The fourth-order valence-electron chi connectivity index (χ4n) is 2.24. The molecule has 0 radical (unpaired) electrons. The van der Waals surface area contributed by atoms with E-state index in [9.17, 15) is 13.2 Å². The third kappa shape index (κ3) is 4.87. The summed E-state index contributed by atoms with van der Waals surface area (Å²) in [6, 6.07) is 4.02. The summed E-state index contributed by atoms with van der Waals surface area (Å²) in [5.74, 6) is 0.0325. The van der Waals surface area contributed by atoms with E-state index in [4.69, 9.17) is 22.3 Å². The first-order valence-corrected chi connectivity index (χ1v) is 9.44. The van der Waals surface area contributed by atoms with Crippen LogP contribution in [0, 0.1) is 5.92 Å². The number of rotatable bonds is 6. The van der Waals surface area contributed by atoms with Crippen LogP contribution >= 0.6 is 22.3 Å². The topological polar surface area (TPSA) is 63.2 Å². The molecule has 0 bridgehead atoms. The number of amides is 1. The summed E-state index contributed by atoms with van der Waals surface area (Å²) < 4.78 is 22.8. The summed E-state index contributed by atoms with van der Waals surface area (Å²) in [4.78, 5) is 11.9. The van der Waals surface area contributed by atoms with Crippen LogP contribution in [0.25, 0.3) is 0 Å². The molecule has 1 aromatic rings. The van der Waals surface area contributed by atoms with Crippen LogP contribution in [0.3, 0.4) is 0 Å². The van der Waals surface area contributed by atoms with Crippen LogP contribution in [-0.4, -0.2) is 20.4 Å². The summed E-state index contributed by atoms with van der Waals surface area (Å²) in [6.07, 6.45) is 1.92. The molecule has 7 heteroatoms. The Bertz CT molecular complexity index is 613. The lowest BCUT2D eigenvalue weighted by Gasteiger charge is -2.22. The van der Waals surface area contributed by atoms with Crippen molar-refractivity contribution < 1.29 is 13.2 Å². The molecule has 21 heavy (non-hydrogen) atoms. The van der Waals surface area contributed by atoms with Gasteiger partial charge in [-0.1, -0.05) is 38.3 Å². The van der Waals surface area contributed by atoms with E-state index in [2.05, 4.69) is 19.2 Å². The lowest BCUT2D eigenvalue weighted by Crippen LogP contribution is -2.37. The molecule has 1 rings (SSSR count). The molecular weight excluding hydrogens is 333 g/mol. The highest BCUT2D eigenvalue weighted by molar-refractivity contribution is 8.13. The molecule has 0 spiro atoms. The maximum absolute atomic E-state index is 12.2. The molecule has 1 amide bonds. The van der Waals surface area contributed by atoms with Crippen LogP contribution in [0.2, 0.25) is 5.02 Å².